The number of nitrogens with one attached hydrogen (secondary N) is 1. The van der Waals surface area contributed by atoms with Crippen molar-refractivity contribution in [3.8, 4) is 5.75 Å². The molecule has 1 aromatic carbocycles. The molecule has 0 bridgehead atoms. The van der Waals surface area contributed by atoms with Gasteiger partial charge in [-0.3, -0.25) is 0 Å². The van der Waals surface area contributed by atoms with Crippen molar-refractivity contribution in [2.75, 3.05) is 6.54 Å². The molecule has 0 aromatic heterocycles. The van der Waals surface area contributed by atoms with Crippen molar-refractivity contribution in [3.63, 3.8) is 0 Å². The van der Waals surface area contributed by atoms with Gasteiger partial charge in [0.25, 0.3) is 0 Å². The highest BCUT2D eigenvalue weighted by molar-refractivity contribution is 9.10. The molecule has 0 saturated heterocycles. The Morgan fingerprint density at radius 1 is 1.14 bits per heavy atom. The van der Waals surface area contributed by atoms with E-state index in [0.29, 0.717) is 17.6 Å². The summed E-state index contributed by atoms with van der Waals surface area (Å²) in [6.07, 6.45) is 9.71. The summed E-state index contributed by atoms with van der Waals surface area (Å²) >= 11 is 3.49. The van der Waals surface area contributed by atoms with Gasteiger partial charge in [0.15, 0.2) is 0 Å². The van der Waals surface area contributed by atoms with E-state index in [1.165, 1.54) is 38.5 Å². The topological polar surface area (TPSA) is 21.3 Å². The fourth-order valence-electron chi connectivity index (χ4n) is 4.18. The minimum atomic E-state index is 0.375. The van der Waals surface area contributed by atoms with Gasteiger partial charge in [-0.2, -0.15) is 0 Å². The van der Waals surface area contributed by atoms with Crippen molar-refractivity contribution in [1.82, 2.24) is 5.32 Å². The quantitative estimate of drug-likeness (QED) is 0.831. The van der Waals surface area contributed by atoms with Crippen molar-refractivity contribution in [2.24, 2.45) is 5.41 Å². The van der Waals surface area contributed by atoms with Gasteiger partial charge >= 0.3 is 0 Å². The van der Waals surface area contributed by atoms with Gasteiger partial charge in [-0.25, -0.2) is 0 Å². The molecule has 0 radical (unpaired) electrons. The summed E-state index contributed by atoms with van der Waals surface area (Å²) in [5, 5.41) is 3.71. The molecule has 0 heterocycles. The molecule has 21 heavy (non-hydrogen) atoms. The van der Waals surface area contributed by atoms with E-state index in [4.69, 9.17) is 4.74 Å². The van der Waals surface area contributed by atoms with E-state index in [0.717, 1.165) is 23.2 Å². The lowest BCUT2D eigenvalue weighted by molar-refractivity contribution is -0.0900. The number of rotatable bonds is 4. The molecule has 2 aliphatic carbocycles. The van der Waals surface area contributed by atoms with Crippen LogP contribution in [0.3, 0.4) is 0 Å². The molecular weight excluding hydrogens is 326 g/mol. The van der Waals surface area contributed by atoms with Crippen LogP contribution in [0.1, 0.15) is 51.9 Å². The highest BCUT2D eigenvalue weighted by Gasteiger charge is 2.55. The van der Waals surface area contributed by atoms with Crippen LogP contribution in [-0.4, -0.2) is 18.7 Å². The monoisotopic (exact) mass is 351 g/mol. The SMILES string of the molecule is CCNC1CC(Oc2ccc(Br)cc2)C12CCCCCC2. The second-order valence-corrected chi connectivity index (χ2v) is 7.47. The smallest absolute Gasteiger partial charge is 0.119 e. The molecular formula is C18H26BrNO. The fourth-order valence-corrected chi connectivity index (χ4v) is 4.44. The zero-order valence-electron chi connectivity index (χ0n) is 12.9. The average molecular weight is 352 g/mol. The molecule has 3 rings (SSSR count). The highest BCUT2D eigenvalue weighted by Crippen LogP contribution is 2.52. The summed E-state index contributed by atoms with van der Waals surface area (Å²) < 4.78 is 7.48. The van der Waals surface area contributed by atoms with Crippen molar-refractivity contribution < 1.29 is 4.74 Å². The zero-order valence-corrected chi connectivity index (χ0v) is 14.5. The summed E-state index contributed by atoms with van der Waals surface area (Å²) in [7, 11) is 0. The maximum Gasteiger partial charge on any atom is 0.119 e. The molecule has 0 aliphatic heterocycles. The Labute approximate surface area is 136 Å². The van der Waals surface area contributed by atoms with Crippen molar-refractivity contribution >= 4 is 15.9 Å². The Morgan fingerprint density at radius 3 is 2.43 bits per heavy atom. The lowest BCUT2D eigenvalue weighted by Crippen LogP contribution is -2.64. The maximum atomic E-state index is 6.37. The van der Waals surface area contributed by atoms with Crippen LogP contribution in [0.5, 0.6) is 5.75 Å². The molecule has 3 heteroatoms. The first-order valence-electron chi connectivity index (χ1n) is 8.40. The zero-order chi connectivity index (χ0) is 14.7. The van der Waals surface area contributed by atoms with Crippen LogP contribution in [0.15, 0.2) is 28.7 Å². The lowest BCUT2D eigenvalue weighted by Gasteiger charge is -2.56. The minimum Gasteiger partial charge on any atom is -0.490 e. The number of benzene rings is 1. The number of hydrogen-bond donors (Lipinski definition) is 1. The van der Waals surface area contributed by atoms with E-state index < -0.39 is 0 Å². The van der Waals surface area contributed by atoms with Gasteiger partial charge in [0.05, 0.1) is 0 Å². The van der Waals surface area contributed by atoms with Gasteiger partial charge < -0.3 is 10.1 Å². The van der Waals surface area contributed by atoms with Gasteiger partial charge in [0.1, 0.15) is 11.9 Å². The third-order valence-electron chi connectivity index (χ3n) is 5.36. The number of halogens is 1. The van der Waals surface area contributed by atoms with Crippen molar-refractivity contribution in [1.29, 1.82) is 0 Å². The van der Waals surface area contributed by atoms with Crippen LogP contribution in [0.2, 0.25) is 0 Å². The predicted octanol–water partition coefficient (Wildman–Crippen LogP) is 4.92. The highest BCUT2D eigenvalue weighted by atomic mass is 79.9. The van der Waals surface area contributed by atoms with Crippen molar-refractivity contribution in [3.05, 3.63) is 28.7 Å². The molecule has 2 aliphatic rings. The van der Waals surface area contributed by atoms with E-state index in [1.807, 2.05) is 0 Å². The maximum absolute atomic E-state index is 6.37. The van der Waals surface area contributed by atoms with Crippen LogP contribution < -0.4 is 10.1 Å². The summed E-state index contributed by atoms with van der Waals surface area (Å²) in [6, 6.07) is 8.94. The molecule has 1 spiro atoms. The molecule has 116 valence electrons. The van der Waals surface area contributed by atoms with Crippen LogP contribution in [0.4, 0.5) is 0 Å². The van der Waals surface area contributed by atoms with Gasteiger partial charge in [-0.15, -0.1) is 0 Å². The van der Waals surface area contributed by atoms with Crippen LogP contribution in [0.25, 0.3) is 0 Å². The van der Waals surface area contributed by atoms with Crippen LogP contribution in [-0.2, 0) is 0 Å². The predicted molar refractivity (Wildman–Crippen MR) is 90.8 cm³/mol. The second kappa shape index (κ2) is 6.70. The Balaban J connectivity index is 1.73. The first-order chi connectivity index (χ1) is 10.2. The molecule has 2 unspecified atom stereocenters. The van der Waals surface area contributed by atoms with E-state index in [2.05, 4.69) is 52.4 Å². The molecule has 2 atom stereocenters. The standard InChI is InChI=1S/C18H26BrNO/c1-2-20-16-13-17(18(16)11-5-3-4-6-12-18)21-15-9-7-14(19)8-10-15/h7-10,16-17,20H,2-6,11-13H2,1H3. The number of hydrogen-bond acceptors (Lipinski definition) is 2. The molecule has 0 amide bonds. The third kappa shape index (κ3) is 3.14. The average Bonchev–Trinajstić information content (AvgIpc) is 2.76. The summed E-state index contributed by atoms with van der Waals surface area (Å²) in [5.41, 5.74) is 0.375. The molecule has 2 nitrogen and oxygen atoms in total. The first kappa shape index (κ1) is 15.4. The van der Waals surface area contributed by atoms with E-state index in [1.54, 1.807) is 0 Å². The number of ether oxygens (including phenoxy) is 1. The normalized spacial score (nSPS) is 27.9. The van der Waals surface area contributed by atoms with Gasteiger partial charge in [-0.05, 0) is 43.7 Å². The van der Waals surface area contributed by atoms with Gasteiger partial charge in [0, 0.05) is 22.4 Å². The van der Waals surface area contributed by atoms with Crippen molar-refractivity contribution in [2.45, 2.75) is 64.0 Å². The largest absolute Gasteiger partial charge is 0.490 e. The van der Waals surface area contributed by atoms with E-state index in [-0.39, 0.29) is 0 Å². The van der Waals surface area contributed by atoms with Gasteiger partial charge in [0.2, 0.25) is 0 Å². The van der Waals surface area contributed by atoms with Crippen LogP contribution in [0, 0.1) is 5.41 Å². The molecule has 2 fully saturated rings. The Hall–Kier alpha value is -0.540. The Morgan fingerprint density at radius 2 is 1.81 bits per heavy atom. The second-order valence-electron chi connectivity index (χ2n) is 6.55. The molecule has 1 aromatic rings. The Kier molecular flexibility index (Phi) is 4.90. The van der Waals surface area contributed by atoms with Gasteiger partial charge in [-0.1, -0.05) is 48.5 Å². The van der Waals surface area contributed by atoms with Crippen LogP contribution >= 0.6 is 15.9 Å². The summed E-state index contributed by atoms with van der Waals surface area (Å²) in [5.74, 6) is 1.02. The Bertz CT molecular complexity index is 451. The third-order valence-corrected chi connectivity index (χ3v) is 5.89. The lowest BCUT2D eigenvalue weighted by atomic mass is 9.57. The minimum absolute atomic E-state index is 0.375. The van der Waals surface area contributed by atoms with E-state index >= 15 is 0 Å². The molecule has 1 N–H and O–H groups in total. The summed E-state index contributed by atoms with van der Waals surface area (Å²) in [6.45, 7) is 3.28. The summed E-state index contributed by atoms with van der Waals surface area (Å²) in [4.78, 5) is 0. The molecule has 2 saturated carbocycles. The van der Waals surface area contributed by atoms with E-state index in [9.17, 15) is 0 Å². The fraction of sp³-hybridized carbons (Fsp3) is 0.667. The first-order valence-corrected chi connectivity index (χ1v) is 9.19.